The molecule has 0 saturated carbocycles. The third-order valence-electron chi connectivity index (χ3n) is 4.12. The maximum atomic E-state index is 13.5. The van der Waals surface area contributed by atoms with Crippen molar-refractivity contribution >= 4 is 39.0 Å². The van der Waals surface area contributed by atoms with Gasteiger partial charge in [0.25, 0.3) is 0 Å². The molecule has 0 radical (unpaired) electrons. The number of hydrazone groups is 1. The molecular weight excluding hydrogens is 331 g/mol. The van der Waals surface area contributed by atoms with Crippen molar-refractivity contribution < 1.29 is 4.39 Å². The summed E-state index contributed by atoms with van der Waals surface area (Å²) in [6.07, 6.45) is 3.47. The lowest BCUT2D eigenvalue weighted by Gasteiger charge is -2.12. The van der Waals surface area contributed by atoms with E-state index >= 15 is 0 Å². The lowest BCUT2D eigenvalue weighted by molar-refractivity contribution is 0.628. The summed E-state index contributed by atoms with van der Waals surface area (Å²) in [6.45, 7) is 0. The Hall–Kier alpha value is -3.74. The third kappa shape index (κ3) is 2.75. The zero-order valence-electron chi connectivity index (χ0n) is 13.6. The van der Waals surface area contributed by atoms with E-state index in [1.165, 1.54) is 12.1 Å². The first-order valence-corrected chi connectivity index (χ1v) is 7.89. The molecule has 6 nitrogen and oxygen atoms in total. The molecule has 0 aliphatic heterocycles. The Morgan fingerprint density at radius 1 is 1.04 bits per heavy atom. The number of nitrogens with one attached hydrogen (secondary N) is 1. The average molecular weight is 346 g/mol. The molecule has 0 unspecified atom stereocenters. The molecule has 2 heterocycles. The molecule has 0 aliphatic carbocycles. The first-order chi connectivity index (χ1) is 12.7. The van der Waals surface area contributed by atoms with Crippen LogP contribution in [-0.4, -0.2) is 15.8 Å². The maximum absolute atomic E-state index is 13.5. The minimum atomic E-state index is -0.323. The summed E-state index contributed by atoms with van der Waals surface area (Å²) in [4.78, 5) is 8.91. The summed E-state index contributed by atoms with van der Waals surface area (Å²) in [5, 5.41) is 9.43. The second kappa shape index (κ2) is 6.29. The lowest BCUT2D eigenvalue weighted by atomic mass is 10.1. The van der Waals surface area contributed by atoms with Crippen molar-refractivity contribution in [3.05, 3.63) is 72.3 Å². The van der Waals surface area contributed by atoms with E-state index in [1.54, 1.807) is 24.5 Å². The SMILES string of the molecule is N/N=C(\N)c1ccc2c(c1)nc(Nc1cccc(F)c1)c1ccncc12. The van der Waals surface area contributed by atoms with Gasteiger partial charge in [0.05, 0.1) is 5.52 Å². The van der Waals surface area contributed by atoms with Gasteiger partial charge in [-0.1, -0.05) is 18.2 Å². The molecule has 128 valence electrons. The molecule has 0 bridgehead atoms. The van der Waals surface area contributed by atoms with Crippen molar-refractivity contribution in [2.24, 2.45) is 16.7 Å². The van der Waals surface area contributed by atoms with Gasteiger partial charge in [-0.05, 0) is 30.3 Å². The largest absolute Gasteiger partial charge is 0.382 e. The Kier molecular flexibility index (Phi) is 3.81. The fourth-order valence-corrected chi connectivity index (χ4v) is 2.88. The first kappa shape index (κ1) is 15.8. The standard InChI is InChI=1S/C19H15FN6/c20-12-2-1-3-13(9-12)24-19-15-6-7-23-10-16(15)14-5-4-11(18(21)26-22)8-17(14)25-19/h1-10H,22H2,(H2,21,26)(H,24,25). The summed E-state index contributed by atoms with van der Waals surface area (Å²) < 4.78 is 13.5. The Bertz CT molecular complexity index is 1160. The van der Waals surface area contributed by atoms with Gasteiger partial charge in [0.15, 0.2) is 0 Å². The molecule has 0 atom stereocenters. The van der Waals surface area contributed by atoms with Gasteiger partial charge < -0.3 is 16.9 Å². The number of anilines is 2. The molecule has 2 aromatic heterocycles. The predicted molar refractivity (Wildman–Crippen MR) is 102 cm³/mol. The van der Waals surface area contributed by atoms with Crippen LogP contribution in [0.3, 0.4) is 0 Å². The number of nitrogens with two attached hydrogens (primary N) is 2. The highest BCUT2D eigenvalue weighted by atomic mass is 19.1. The molecule has 0 spiro atoms. The summed E-state index contributed by atoms with van der Waals surface area (Å²) in [5.74, 6) is 5.77. The van der Waals surface area contributed by atoms with Crippen molar-refractivity contribution in [3.8, 4) is 0 Å². The normalized spacial score (nSPS) is 11.8. The summed E-state index contributed by atoms with van der Waals surface area (Å²) in [5.41, 5.74) is 7.79. The molecule has 7 heteroatoms. The minimum absolute atomic E-state index is 0.222. The van der Waals surface area contributed by atoms with Crippen LogP contribution in [0.2, 0.25) is 0 Å². The molecule has 4 aromatic rings. The number of hydrogen-bond acceptors (Lipinski definition) is 5. The van der Waals surface area contributed by atoms with Crippen LogP contribution < -0.4 is 16.9 Å². The Balaban J connectivity index is 1.94. The van der Waals surface area contributed by atoms with E-state index < -0.39 is 0 Å². The molecule has 0 amide bonds. The van der Waals surface area contributed by atoms with Gasteiger partial charge in [-0.2, -0.15) is 5.10 Å². The van der Waals surface area contributed by atoms with E-state index in [2.05, 4.69) is 15.4 Å². The summed E-state index contributed by atoms with van der Waals surface area (Å²) in [7, 11) is 0. The third-order valence-corrected chi connectivity index (χ3v) is 4.12. The second-order valence-corrected chi connectivity index (χ2v) is 5.76. The molecular formula is C19H15FN6. The highest BCUT2D eigenvalue weighted by Crippen LogP contribution is 2.31. The van der Waals surface area contributed by atoms with Crippen LogP contribution in [0.15, 0.2) is 66.0 Å². The van der Waals surface area contributed by atoms with E-state index in [1.807, 2.05) is 24.3 Å². The number of amidine groups is 1. The summed E-state index contributed by atoms with van der Waals surface area (Å²) >= 11 is 0. The van der Waals surface area contributed by atoms with Crippen molar-refractivity contribution in [2.75, 3.05) is 5.32 Å². The molecule has 26 heavy (non-hydrogen) atoms. The number of rotatable bonds is 3. The van der Waals surface area contributed by atoms with Gasteiger partial charge in [-0.25, -0.2) is 9.37 Å². The number of fused-ring (bicyclic) bond motifs is 3. The van der Waals surface area contributed by atoms with Crippen molar-refractivity contribution in [1.82, 2.24) is 9.97 Å². The van der Waals surface area contributed by atoms with Crippen LogP contribution in [0.5, 0.6) is 0 Å². The number of hydrogen-bond donors (Lipinski definition) is 3. The van der Waals surface area contributed by atoms with Crippen LogP contribution in [0.25, 0.3) is 21.7 Å². The van der Waals surface area contributed by atoms with Crippen LogP contribution in [-0.2, 0) is 0 Å². The molecule has 0 fully saturated rings. The highest BCUT2D eigenvalue weighted by Gasteiger charge is 2.11. The van der Waals surface area contributed by atoms with Gasteiger partial charge in [0.2, 0.25) is 0 Å². The van der Waals surface area contributed by atoms with Crippen LogP contribution in [0.1, 0.15) is 5.56 Å². The number of halogens is 1. The molecule has 5 N–H and O–H groups in total. The molecule has 0 saturated heterocycles. The van der Waals surface area contributed by atoms with Gasteiger partial charge in [0, 0.05) is 39.8 Å². The van der Waals surface area contributed by atoms with Crippen LogP contribution >= 0.6 is 0 Å². The number of pyridine rings is 2. The Labute approximate surface area is 148 Å². The quantitative estimate of drug-likeness (QED) is 0.174. The van der Waals surface area contributed by atoms with Crippen molar-refractivity contribution in [1.29, 1.82) is 0 Å². The van der Waals surface area contributed by atoms with Gasteiger partial charge >= 0.3 is 0 Å². The smallest absolute Gasteiger partial charge is 0.150 e. The number of aromatic nitrogens is 2. The first-order valence-electron chi connectivity index (χ1n) is 7.89. The van der Waals surface area contributed by atoms with Crippen molar-refractivity contribution in [3.63, 3.8) is 0 Å². The van der Waals surface area contributed by atoms with Crippen LogP contribution in [0, 0.1) is 5.82 Å². The van der Waals surface area contributed by atoms with E-state index in [9.17, 15) is 4.39 Å². The minimum Gasteiger partial charge on any atom is -0.382 e. The van der Waals surface area contributed by atoms with E-state index in [-0.39, 0.29) is 11.7 Å². The van der Waals surface area contributed by atoms with E-state index in [0.29, 0.717) is 22.6 Å². The fourth-order valence-electron chi connectivity index (χ4n) is 2.88. The second-order valence-electron chi connectivity index (χ2n) is 5.76. The maximum Gasteiger partial charge on any atom is 0.150 e. The van der Waals surface area contributed by atoms with Gasteiger partial charge in [-0.3, -0.25) is 4.98 Å². The summed E-state index contributed by atoms with van der Waals surface area (Å²) in [6, 6.07) is 13.6. The van der Waals surface area contributed by atoms with Crippen molar-refractivity contribution in [2.45, 2.75) is 0 Å². The van der Waals surface area contributed by atoms with Crippen LogP contribution in [0.4, 0.5) is 15.9 Å². The zero-order valence-corrected chi connectivity index (χ0v) is 13.6. The zero-order chi connectivity index (χ0) is 18.1. The highest BCUT2D eigenvalue weighted by molar-refractivity contribution is 6.11. The average Bonchev–Trinajstić information content (AvgIpc) is 2.67. The van der Waals surface area contributed by atoms with Gasteiger partial charge in [-0.15, -0.1) is 0 Å². The topological polar surface area (TPSA) is 102 Å². The number of nitrogens with zero attached hydrogens (tertiary/aromatic N) is 3. The Morgan fingerprint density at radius 3 is 2.73 bits per heavy atom. The molecule has 4 rings (SSSR count). The van der Waals surface area contributed by atoms with Gasteiger partial charge in [0.1, 0.15) is 17.5 Å². The molecule has 2 aromatic carbocycles. The van der Waals surface area contributed by atoms with E-state index in [0.717, 1.165) is 16.2 Å². The molecule has 0 aliphatic rings. The van der Waals surface area contributed by atoms with E-state index in [4.69, 9.17) is 16.6 Å². The Morgan fingerprint density at radius 2 is 1.92 bits per heavy atom. The monoisotopic (exact) mass is 346 g/mol. The lowest BCUT2D eigenvalue weighted by Crippen LogP contribution is -2.15. The number of benzene rings is 2. The fraction of sp³-hybridized carbons (Fsp3) is 0. The predicted octanol–water partition coefficient (Wildman–Crippen LogP) is 3.24.